The molecule has 0 spiro atoms. The van der Waals surface area contributed by atoms with Gasteiger partial charge in [-0.15, -0.1) is 29.1 Å². The number of aromatic nitrogens is 1. The predicted molar refractivity (Wildman–Crippen MR) is 193 cm³/mol. The van der Waals surface area contributed by atoms with Gasteiger partial charge in [-0.05, 0) is 60.4 Å². The van der Waals surface area contributed by atoms with E-state index in [9.17, 15) is 9.90 Å². The van der Waals surface area contributed by atoms with Gasteiger partial charge in [0.2, 0.25) is 0 Å². The fourth-order valence-corrected chi connectivity index (χ4v) is 5.56. The Morgan fingerprint density at radius 2 is 1.47 bits per heavy atom. The number of pyridine rings is 1. The summed E-state index contributed by atoms with van der Waals surface area (Å²) in [6.07, 6.45) is 8.35. The molecule has 0 bridgehead atoms. The molecule has 4 nitrogen and oxygen atoms in total. The maximum absolute atomic E-state index is 12.2. The number of carbonyl (C=O) groups excluding carboxylic acids is 1. The second-order valence-corrected chi connectivity index (χ2v) is 13.9. The largest absolute Gasteiger partial charge is 0.512 e. The number of aliphatic hydroxyl groups is 1. The van der Waals surface area contributed by atoms with E-state index in [4.69, 9.17) is 4.42 Å². The molecule has 47 heavy (non-hydrogen) atoms. The zero-order chi connectivity index (χ0) is 33.7. The van der Waals surface area contributed by atoms with Crippen LogP contribution >= 0.6 is 0 Å². The SMILES string of the molecule is CC(C)(C)c1cc(-c2cc(-c3ccc4ccoc4c3)ccn2)[c-]c2ccccc12.CCC(C)(CC)C(=O)/C=C(\O)C(C)(CC)CC.[Ir]. The average Bonchev–Trinajstić information content (AvgIpc) is 3.55. The fourth-order valence-electron chi connectivity index (χ4n) is 5.56. The Hall–Kier alpha value is -3.53. The van der Waals surface area contributed by atoms with Gasteiger partial charge in [-0.3, -0.25) is 9.78 Å². The fraction of sp³-hybridized carbons (Fsp3) is 0.381. The maximum Gasteiger partial charge on any atom is 0.164 e. The van der Waals surface area contributed by atoms with Gasteiger partial charge >= 0.3 is 0 Å². The normalized spacial score (nSPS) is 12.4. The monoisotopic (exact) mass is 809 g/mol. The van der Waals surface area contributed by atoms with Crippen LogP contribution in [0.15, 0.2) is 95.4 Å². The molecule has 3 aromatic carbocycles. The van der Waals surface area contributed by atoms with Gasteiger partial charge in [0.1, 0.15) is 11.3 Å². The molecule has 0 aliphatic carbocycles. The third-order valence-electron chi connectivity index (χ3n) is 10.0. The van der Waals surface area contributed by atoms with Crippen molar-refractivity contribution in [1.29, 1.82) is 0 Å². The number of hydrogen-bond donors (Lipinski definition) is 1. The van der Waals surface area contributed by atoms with Crippen molar-refractivity contribution < 1.29 is 34.4 Å². The summed E-state index contributed by atoms with van der Waals surface area (Å²) >= 11 is 0. The third-order valence-corrected chi connectivity index (χ3v) is 10.0. The van der Waals surface area contributed by atoms with E-state index < -0.39 is 0 Å². The average molecular weight is 809 g/mol. The Labute approximate surface area is 295 Å². The number of allylic oxidation sites excluding steroid dienone is 2. The minimum atomic E-state index is -0.337. The molecule has 5 aromatic rings. The number of hydrogen-bond acceptors (Lipinski definition) is 4. The molecule has 0 aliphatic heterocycles. The van der Waals surface area contributed by atoms with E-state index in [1.54, 1.807) is 6.26 Å². The molecule has 0 fully saturated rings. The number of ketones is 1. The smallest absolute Gasteiger partial charge is 0.164 e. The van der Waals surface area contributed by atoms with Gasteiger partial charge in [-0.1, -0.05) is 110 Å². The quantitative estimate of drug-likeness (QED) is 0.0915. The molecule has 0 saturated carbocycles. The van der Waals surface area contributed by atoms with Gasteiger partial charge in [-0.25, -0.2) is 0 Å². The molecule has 0 amide bonds. The van der Waals surface area contributed by atoms with Crippen LogP contribution in [0.4, 0.5) is 0 Å². The number of rotatable bonds is 9. The van der Waals surface area contributed by atoms with E-state index in [2.05, 4.69) is 86.4 Å². The van der Waals surface area contributed by atoms with Crippen molar-refractivity contribution in [3.63, 3.8) is 0 Å². The molecular formula is C42H50IrNO3-. The molecule has 1 radical (unpaired) electrons. The summed E-state index contributed by atoms with van der Waals surface area (Å²) in [5, 5.41) is 13.6. The number of nitrogens with zero attached hydrogens (tertiary/aromatic N) is 1. The van der Waals surface area contributed by atoms with Gasteiger partial charge < -0.3 is 9.52 Å². The Balaban J connectivity index is 0.000000290. The first-order chi connectivity index (χ1) is 21.8. The van der Waals surface area contributed by atoms with E-state index in [-0.39, 0.29) is 47.9 Å². The second kappa shape index (κ2) is 15.6. The molecular weight excluding hydrogens is 759 g/mol. The van der Waals surface area contributed by atoms with Crippen LogP contribution in [-0.2, 0) is 30.3 Å². The van der Waals surface area contributed by atoms with Crippen LogP contribution in [0.1, 0.15) is 93.6 Å². The maximum atomic E-state index is 12.2. The van der Waals surface area contributed by atoms with Crippen molar-refractivity contribution in [2.24, 2.45) is 10.8 Å². The molecule has 251 valence electrons. The molecule has 0 atom stereocenters. The first-order valence-corrected chi connectivity index (χ1v) is 16.6. The summed E-state index contributed by atoms with van der Waals surface area (Å²) in [7, 11) is 0. The first-order valence-electron chi connectivity index (χ1n) is 16.6. The minimum absolute atomic E-state index is 0. The van der Waals surface area contributed by atoms with Crippen molar-refractivity contribution in [2.75, 3.05) is 0 Å². The molecule has 5 heteroatoms. The Bertz CT molecular complexity index is 1830. The Kier molecular flexibility index (Phi) is 12.6. The van der Waals surface area contributed by atoms with Gasteiger partial charge in [0.15, 0.2) is 5.78 Å². The summed E-state index contributed by atoms with van der Waals surface area (Å²) in [6, 6.07) is 26.7. The zero-order valence-corrected chi connectivity index (χ0v) is 31.9. The topological polar surface area (TPSA) is 63.3 Å². The predicted octanol–water partition coefficient (Wildman–Crippen LogP) is 12.1. The number of carbonyl (C=O) groups is 1. The van der Waals surface area contributed by atoms with E-state index in [0.29, 0.717) is 0 Å². The van der Waals surface area contributed by atoms with Crippen LogP contribution in [0.25, 0.3) is 44.1 Å². The molecule has 0 unspecified atom stereocenters. The van der Waals surface area contributed by atoms with Gasteiger partial charge in [0.05, 0.1) is 6.26 Å². The van der Waals surface area contributed by atoms with E-state index in [1.165, 1.54) is 17.0 Å². The van der Waals surface area contributed by atoms with E-state index in [1.807, 2.05) is 59.9 Å². The summed E-state index contributed by atoms with van der Waals surface area (Å²) < 4.78 is 5.57. The van der Waals surface area contributed by atoms with Crippen LogP contribution in [0.3, 0.4) is 0 Å². The molecule has 5 rings (SSSR count). The second-order valence-electron chi connectivity index (χ2n) is 13.9. The van der Waals surface area contributed by atoms with Gasteiger partial charge in [0.25, 0.3) is 0 Å². The summed E-state index contributed by atoms with van der Waals surface area (Å²) in [5.74, 6) is 0.286. The molecule has 2 heterocycles. The standard InChI is InChI=1S/C27H22NO.C15H28O2.Ir/c1-27(2,3)24-15-22(14-21-6-4-5-7-23(21)24)25-16-20(10-12-28-25)19-9-8-18-11-13-29-26(18)17-19;1-7-14(5,8-2)12(16)11-13(17)15(6,9-3)10-4;/h4-13,15-17H,1-3H3;11,16H,7-10H2,1-6H3;/q-1;;/b;12-11-;. The van der Waals surface area contributed by atoms with Crippen molar-refractivity contribution in [1.82, 2.24) is 4.98 Å². The summed E-state index contributed by atoms with van der Waals surface area (Å²) in [4.78, 5) is 16.8. The zero-order valence-electron chi connectivity index (χ0n) is 29.5. The number of benzene rings is 3. The van der Waals surface area contributed by atoms with Crippen molar-refractivity contribution in [2.45, 2.75) is 93.4 Å². The Morgan fingerprint density at radius 3 is 2.11 bits per heavy atom. The van der Waals surface area contributed by atoms with Crippen LogP contribution in [0.5, 0.6) is 0 Å². The van der Waals surface area contributed by atoms with Gasteiger partial charge in [0, 0.05) is 54.3 Å². The number of aliphatic hydroxyl groups excluding tert-OH is 1. The summed E-state index contributed by atoms with van der Waals surface area (Å²) in [5.41, 5.74) is 5.83. The molecule has 2 aromatic heterocycles. The first kappa shape index (κ1) is 37.9. The van der Waals surface area contributed by atoms with Crippen LogP contribution < -0.4 is 0 Å². The number of furan rings is 1. The molecule has 0 saturated heterocycles. The van der Waals surface area contributed by atoms with Crippen LogP contribution in [0.2, 0.25) is 0 Å². The Morgan fingerprint density at radius 1 is 0.830 bits per heavy atom. The number of fused-ring (bicyclic) bond motifs is 2. The van der Waals surface area contributed by atoms with Crippen molar-refractivity contribution in [3.05, 3.63) is 103 Å². The van der Waals surface area contributed by atoms with Crippen molar-refractivity contribution in [3.8, 4) is 22.4 Å². The molecule has 0 aliphatic rings. The van der Waals surface area contributed by atoms with Crippen LogP contribution in [0, 0.1) is 16.9 Å². The molecule has 1 N–H and O–H groups in total. The summed E-state index contributed by atoms with van der Waals surface area (Å²) in [6.45, 7) is 18.8. The minimum Gasteiger partial charge on any atom is -0.512 e. The van der Waals surface area contributed by atoms with E-state index in [0.717, 1.165) is 64.4 Å². The van der Waals surface area contributed by atoms with Crippen LogP contribution in [-0.4, -0.2) is 15.9 Å². The van der Waals surface area contributed by atoms with Gasteiger partial charge in [-0.2, -0.15) is 0 Å². The van der Waals surface area contributed by atoms with E-state index >= 15 is 0 Å². The van der Waals surface area contributed by atoms with Crippen molar-refractivity contribution >= 4 is 27.5 Å². The third kappa shape index (κ3) is 8.50.